The Morgan fingerprint density at radius 1 is 1.29 bits per heavy atom. The molecule has 1 saturated carbocycles. The van der Waals surface area contributed by atoms with Crippen molar-refractivity contribution in [1.29, 1.82) is 5.26 Å². The molecule has 2 aliphatic rings. The smallest absolute Gasteiger partial charge is 0.399 e. The Hall–Kier alpha value is -1.32. The van der Waals surface area contributed by atoms with Crippen molar-refractivity contribution in [2.75, 3.05) is 0 Å². The zero-order chi connectivity index (χ0) is 17.6. The lowest BCUT2D eigenvalue weighted by atomic mass is 9.80. The summed E-state index contributed by atoms with van der Waals surface area (Å²) in [6.07, 6.45) is 9.15. The highest BCUT2D eigenvalue weighted by molar-refractivity contribution is 6.62. The first-order chi connectivity index (χ1) is 11.2. The van der Waals surface area contributed by atoms with Crippen molar-refractivity contribution >= 4 is 12.6 Å². The van der Waals surface area contributed by atoms with Crippen LogP contribution in [-0.2, 0) is 14.8 Å². The fourth-order valence-corrected chi connectivity index (χ4v) is 3.84. The second kappa shape index (κ2) is 5.89. The van der Waals surface area contributed by atoms with Crippen LogP contribution < -0.4 is 5.46 Å². The largest absolute Gasteiger partial charge is 0.498 e. The summed E-state index contributed by atoms with van der Waals surface area (Å²) in [4.78, 5) is 0. The zero-order valence-corrected chi connectivity index (χ0v) is 15.5. The number of hydrogen-bond acceptors (Lipinski definition) is 4. The van der Waals surface area contributed by atoms with Crippen LogP contribution in [0.4, 0.5) is 0 Å². The molecular formula is C18H28BN3O2. The first-order valence-corrected chi connectivity index (χ1v) is 8.97. The van der Waals surface area contributed by atoms with Gasteiger partial charge in [0.1, 0.15) is 0 Å². The molecule has 1 aliphatic carbocycles. The van der Waals surface area contributed by atoms with E-state index in [0.29, 0.717) is 12.3 Å². The molecule has 1 atom stereocenters. The monoisotopic (exact) mass is 329 g/mol. The molecule has 0 spiro atoms. The van der Waals surface area contributed by atoms with Crippen LogP contribution >= 0.6 is 0 Å². The summed E-state index contributed by atoms with van der Waals surface area (Å²) in [7, 11) is -0.404. The van der Waals surface area contributed by atoms with E-state index >= 15 is 0 Å². The van der Waals surface area contributed by atoms with E-state index in [1.807, 2.05) is 17.1 Å². The lowest BCUT2D eigenvalue weighted by Crippen LogP contribution is -2.41. The van der Waals surface area contributed by atoms with Crippen LogP contribution in [0.2, 0.25) is 0 Å². The Labute approximate surface area is 145 Å². The van der Waals surface area contributed by atoms with Crippen LogP contribution in [0.25, 0.3) is 0 Å². The Morgan fingerprint density at radius 2 is 1.88 bits per heavy atom. The summed E-state index contributed by atoms with van der Waals surface area (Å²) < 4.78 is 14.2. The van der Waals surface area contributed by atoms with Gasteiger partial charge in [0.25, 0.3) is 0 Å². The molecule has 1 aromatic heterocycles. The first kappa shape index (κ1) is 17.5. The van der Waals surface area contributed by atoms with Gasteiger partial charge in [-0.15, -0.1) is 0 Å². The van der Waals surface area contributed by atoms with E-state index in [1.54, 1.807) is 0 Å². The summed E-state index contributed by atoms with van der Waals surface area (Å²) in [5.74, 6) is 0.503. The van der Waals surface area contributed by atoms with E-state index in [-0.39, 0.29) is 16.7 Å². The van der Waals surface area contributed by atoms with Crippen molar-refractivity contribution in [3.05, 3.63) is 12.4 Å². The highest BCUT2D eigenvalue weighted by Crippen LogP contribution is 2.41. The van der Waals surface area contributed by atoms with Gasteiger partial charge in [0, 0.05) is 17.9 Å². The molecule has 1 aromatic rings. The fraction of sp³-hybridized carbons (Fsp3) is 0.778. The highest BCUT2D eigenvalue weighted by Gasteiger charge is 2.52. The van der Waals surface area contributed by atoms with Gasteiger partial charge in [-0.3, -0.25) is 4.68 Å². The lowest BCUT2D eigenvalue weighted by Gasteiger charge is -2.34. The SMILES string of the molecule is CC(CC#N)(C1CCCC1)n1cc(B2OC(C)(C)C(C)(C)O2)cn1. The van der Waals surface area contributed by atoms with Gasteiger partial charge >= 0.3 is 7.12 Å². The number of hydrogen-bond donors (Lipinski definition) is 0. The first-order valence-electron chi connectivity index (χ1n) is 8.97. The van der Waals surface area contributed by atoms with Crippen molar-refractivity contribution in [3.8, 4) is 6.07 Å². The Bertz CT molecular complexity index is 627. The molecule has 24 heavy (non-hydrogen) atoms. The standard InChI is InChI=1S/C18H28BN3O2/c1-16(2)17(3,4)24-19(23-16)15-12-21-22(13-15)18(5,10-11-20)14-8-6-7-9-14/h12-14H,6-10H2,1-5H3. The van der Waals surface area contributed by atoms with E-state index < -0.39 is 7.12 Å². The number of nitriles is 1. The summed E-state index contributed by atoms with van der Waals surface area (Å²) in [5.41, 5.74) is -0.0500. The van der Waals surface area contributed by atoms with Crippen molar-refractivity contribution in [2.45, 2.75) is 83.5 Å². The van der Waals surface area contributed by atoms with Crippen molar-refractivity contribution in [2.24, 2.45) is 5.92 Å². The molecule has 3 rings (SSSR count). The predicted molar refractivity (Wildman–Crippen MR) is 93.8 cm³/mol. The molecule has 0 N–H and O–H groups in total. The van der Waals surface area contributed by atoms with Gasteiger partial charge < -0.3 is 9.31 Å². The highest BCUT2D eigenvalue weighted by atomic mass is 16.7. The normalized spacial score (nSPS) is 25.6. The van der Waals surface area contributed by atoms with Gasteiger partial charge in [-0.1, -0.05) is 12.8 Å². The second-order valence-electron chi connectivity index (χ2n) is 8.48. The minimum absolute atomic E-state index is 0.257. The maximum atomic E-state index is 9.34. The number of rotatable bonds is 4. The van der Waals surface area contributed by atoms with Gasteiger partial charge in [0.2, 0.25) is 0 Å². The van der Waals surface area contributed by atoms with Gasteiger partial charge in [0.05, 0.1) is 29.2 Å². The maximum Gasteiger partial charge on any atom is 0.498 e. The van der Waals surface area contributed by atoms with Crippen LogP contribution in [0.15, 0.2) is 12.4 Å². The van der Waals surface area contributed by atoms with Crippen molar-refractivity contribution in [3.63, 3.8) is 0 Å². The zero-order valence-electron chi connectivity index (χ0n) is 15.5. The molecule has 1 saturated heterocycles. The van der Waals surface area contributed by atoms with Crippen LogP contribution in [0.5, 0.6) is 0 Å². The molecule has 0 aromatic carbocycles. The van der Waals surface area contributed by atoms with E-state index in [9.17, 15) is 5.26 Å². The summed E-state index contributed by atoms with van der Waals surface area (Å²) >= 11 is 0. The van der Waals surface area contributed by atoms with Crippen LogP contribution in [0, 0.1) is 17.2 Å². The van der Waals surface area contributed by atoms with Gasteiger partial charge in [-0.2, -0.15) is 10.4 Å². The third-order valence-corrected chi connectivity index (χ3v) is 6.32. The van der Waals surface area contributed by atoms with Crippen molar-refractivity contribution < 1.29 is 9.31 Å². The van der Waals surface area contributed by atoms with Gasteiger partial charge in [-0.25, -0.2) is 0 Å². The third kappa shape index (κ3) is 2.78. The topological polar surface area (TPSA) is 60.1 Å². The second-order valence-corrected chi connectivity index (χ2v) is 8.48. The molecule has 0 radical (unpaired) electrons. The number of nitrogens with zero attached hydrogens (tertiary/aromatic N) is 3. The van der Waals surface area contributed by atoms with E-state index in [2.05, 4.69) is 45.8 Å². The average Bonchev–Trinajstić information content (AvgIpc) is 3.20. The summed E-state index contributed by atoms with van der Waals surface area (Å²) in [6.45, 7) is 10.4. The third-order valence-electron chi connectivity index (χ3n) is 6.32. The minimum Gasteiger partial charge on any atom is -0.399 e. The fourth-order valence-electron chi connectivity index (χ4n) is 3.84. The molecule has 2 fully saturated rings. The number of aromatic nitrogens is 2. The maximum absolute atomic E-state index is 9.34. The Kier molecular flexibility index (Phi) is 4.30. The van der Waals surface area contributed by atoms with E-state index in [4.69, 9.17) is 9.31 Å². The van der Waals surface area contributed by atoms with Crippen LogP contribution in [-0.4, -0.2) is 28.1 Å². The molecule has 130 valence electrons. The molecule has 1 aliphatic heterocycles. The van der Waals surface area contributed by atoms with E-state index in [0.717, 1.165) is 5.46 Å². The molecular weight excluding hydrogens is 301 g/mol. The molecule has 5 nitrogen and oxygen atoms in total. The minimum atomic E-state index is -0.404. The van der Waals surface area contributed by atoms with Crippen LogP contribution in [0.1, 0.15) is 66.7 Å². The molecule has 0 bridgehead atoms. The van der Waals surface area contributed by atoms with Crippen molar-refractivity contribution in [1.82, 2.24) is 9.78 Å². The van der Waals surface area contributed by atoms with Gasteiger partial charge in [-0.05, 0) is 53.4 Å². The summed E-state index contributed by atoms with van der Waals surface area (Å²) in [6, 6.07) is 2.37. The molecule has 0 amide bonds. The van der Waals surface area contributed by atoms with Crippen LogP contribution in [0.3, 0.4) is 0 Å². The molecule has 2 heterocycles. The molecule has 6 heteroatoms. The lowest BCUT2D eigenvalue weighted by molar-refractivity contribution is 0.00578. The summed E-state index contributed by atoms with van der Waals surface area (Å²) in [5, 5.41) is 13.9. The van der Waals surface area contributed by atoms with Gasteiger partial charge in [0.15, 0.2) is 0 Å². The quantitative estimate of drug-likeness (QED) is 0.797. The average molecular weight is 329 g/mol. The predicted octanol–water partition coefficient (Wildman–Crippen LogP) is 3.00. The Morgan fingerprint density at radius 3 is 2.42 bits per heavy atom. The Balaban J connectivity index is 1.86. The molecule has 1 unspecified atom stereocenters. The van der Waals surface area contributed by atoms with E-state index in [1.165, 1.54) is 25.7 Å².